The summed E-state index contributed by atoms with van der Waals surface area (Å²) >= 11 is 0. The Morgan fingerprint density at radius 2 is 1.51 bits per heavy atom. The highest BCUT2D eigenvalue weighted by Crippen LogP contribution is 2.47. The van der Waals surface area contributed by atoms with E-state index >= 15 is 0 Å². The van der Waals surface area contributed by atoms with E-state index in [1.54, 1.807) is 35.2 Å². The number of imidazole rings is 1. The number of hydrogen-bond donors (Lipinski definition) is 1. The average molecular weight is 678 g/mol. The van der Waals surface area contributed by atoms with E-state index in [1.165, 1.54) is 23.6 Å². The number of ether oxygens (including phenoxy) is 2. The minimum Gasteiger partial charge on any atom is -0.457 e. The van der Waals surface area contributed by atoms with Gasteiger partial charge in [0.1, 0.15) is 6.33 Å². The monoisotopic (exact) mass is 677 g/mol. The lowest BCUT2D eigenvalue weighted by Crippen LogP contribution is -2.67. The maximum Gasteiger partial charge on any atom is 0.303 e. The van der Waals surface area contributed by atoms with Crippen LogP contribution in [0.2, 0.25) is 5.04 Å². The number of rotatable bonds is 10. The average Bonchev–Trinajstić information content (AvgIpc) is 3.65. The van der Waals surface area contributed by atoms with Gasteiger partial charge >= 0.3 is 5.97 Å². The predicted octanol–water partition coefficient (Wildman–Crippen LogP) is 5.90. The molecule has 3 aromatic carbocycles. The van der Waals surface area contributed by atoms with Crippen LogP contribution in [0.1, 0.15) is 64.5 Å². The van der Waals surface area contributed by atoms with Crippen LogP contribution in [0, 0.1) is 5.92 Å². The van der Waals surface area contributed by atoms with Crippen LogP contribution in [0.3, 0.4) is 0 Å². The number of hydrogen-bond acceptors (Lipinski definition) is 8. The van der Waals surface area contributed by atoms with Crippen molar-refractivity contribution in [3.63, 3.8) is 0 Å². The van der Waals surface area contributed by atoms with Gasteiger partial charge in [-0.05, 0) is 34.0 Å². The van der Waals surface area contributed by atoms with Crippen LogP contribution in [0.5, 0.6) is 0 Å². The fourth-order valence-electron chi connectivity index (χ4n) is 7.09. The SMILES string of the molecule is CC[C@@]1(CO[Si](c2ccccc2)(c2ccccc2)C(C)(C)C)O[C@@H](n2cnc3c(NC(=O)c4ccccc4)ncnc32)[C@@H](OC(C)=O)[C@@H]1C. The Balaban J connectivity index is 1.38. The van der Waals surface area contributed by atoms with Gasteiger partial charge in [-0.3, -0.25) is 14.2 Å². The molecule has 0 spiro atoms. The lowest BCUT2D eigenvalue weighted by Gasteiger charge is -2.45. The third-order valence-corrected chi connectivity index (χ3v) is 14.7. The van der Waals surface area contributed by atoms with Crippen LogP contribution in [-0.2, 0) is 18.7 Å². The third kappa shape index (κ3) is 6.29. The zero-order valence-electron chi connectivity index (χ0n) is 28.8. The quantitative estimate of drug-likeness (QED) is 0.144. The molecule has 6 rings (SSSR count). The van der Waals surface area contributed by atoms with Crippen molar-refractivity contribution in [2.24, 2.45) is 5.92 Å². The molecule has 0 radical (unpaired) electrons. The van der Waals surface area contributed by atoms with Crippen LogP contribution < -0.4 is 15.7 Å². The number of carbonyl (C=O) groups is 2. The van der Waals surface area contributed by atoms with E-state index in [4.69, 9.17) is 13.9 Å². The van der Waals surface area contributed by atoms with Gasteiger partial charge in [0.05, 0.1) is 18.5 Å². The number of nitrogens with one attached hydrogen (secondary N) is 1. The van der Waals surface area contributed by atoms with Gasteiger partial charge in [0.2, 0.25) is 0 Å². The largest absolute Gasteiger partial charge is 0.457 e. The van der Waals surface area contributed by atoms with E-state index in [0.717, 1.165) is 0 Å². The van der Waals surface area contributed by atoms with Crippen LogP contribution >= 0.6 is 0 Å². The summed E-state index contributed by atoms with van der Waals surface area (Å²) in [5.41, 5.74) is 0.492. The number of amides is 1. The molecule has 0 bridgehead atoms. The zero-order chi connectivity index (χ0) is 34.8. The molecule has 10 nitrogen and oxygen atoms in total. The van der Waals surface area contributed by atoms with E-state index in [9.17, 15) is 9.59 Å². The molecule has 2 aromatic heterocycles. The normalized spacial score (nSPS) is 21.1. The molecule has 49 heavy (non-hydrogen) atoms. The van der Waals surface area contributed by atoms with Crippen molar-refractivity contribution in [2.45, 2.75) is 70.9 Å². The smallest absolute Gasteiger partial charge is 0.303 e. The number of benzene rings is 3. The summed E-state index contributed by atoms with van der Waals surface area (Å²) in [7, 11) is -2.91. The first-order chi connectivity index (χ1) is 23.5. The maximum absolute atomic E-state index is 13.0. The van der Waals surface area contributed by atoms with Gasteiger partial charge in [-0.15, -0.1) is 0 Å². The second-order valence-corrected chi connectivity index (χ2v) is 17.9. The molecule has 1 saturated heterocycles. The molecule has 5 aromatic rings. The Bertz CT molecular complexity index is 1880. The van der Waals surface area contributed by atoms with E-state index in [2.05, 4.69) is 96.5 Å². The summed E-state index contributed by atoms with van der Waals surface area (Å²) in [6.07, 6.45) is 2.13. The van der Waals surface area contributed by atoms with Crippen LogP contribution in [0.4, 0.5) is 5.82 Å². The van der Waals surface area contributed by atoms with E-state index in [-0.39, 0.29) is 29.3 Å². The summed E-state index contributed by atoms with van der Waals surface area (Å²) in [5, 5.41) is 4.96. The maximum atomic E-state index is 13.0. The number of aromatic nitrogens is 4. The summed E-state index contributed by atoms with van der Waals surface area (Å²) in [4.78, 5) is 39.0. The van der Waals surface area contributed by atoms with E-state index in [0.29, 0.717) is 23.1 Å². The molecule has 1 aliphatic rings. The zero-order valence-corrected chi connectivity index (χ0v) is 29.8. The molecule has 0 unspecified atom stereocenters. The highest BCUT2D eigenvalue weighted by Gasteiger charge is 2.58. The Morgan fingerprint density at radius 3 is 2.06 bits per heavy atom. The molecule has 11 heteroatoms. The first-order valence-electron chi connectivity index (χ1n) is 16.6. The first kappa shape index (κ1) is 34.2. The van der Waals surface area contributed by atoms with Crippen molar-refractivity contribution in [1.29, 1.82) is 0 Å². The molecule has 1 fully saturated rings. The van der Waals surface area contributed by atoms with Crippen molar-refractivity contribution in [1.82, 2.24) is 19.5 Å². The van der Waals surface area contributed by atoms with Gasteiger partial charge in [0, 0.05) is 18.4 Å². The Morgan fingerprint density at radius 1 is 0.918 bits per heavy atom. The molecule has 0 saturated carbocycles. The van der Waals surface area contributed by atoms with E-state index < -0.39 is 32.2 Å². The van der Waals surface area contributed by atoms with Gasteiger partial charge in [-0.25, -0.2) is 15.0 Å². The lowest BCUT2D eigenvalue weighted by molar-refractivity contribution is -0.154. The first-order valence-corrected chi connectivity index (χ1v) is 18.6. The molecule has 0 aliphatic carbocycles. The number of anilines is 1. The third-order valence-electron chi connectivity index (χ3n) is 9.71. The standard InChI is InChI=1S/C38H43N5O5Si/c1-7-38(23-46-49(37(4,5)6,29-19-13-9-14-20-29)30-21-15-10-16-22-30)26(2)32(47-27(3)44)36(48-38)43-25-41-31-33(39-24-40-34(31)43)42-35(45)28-17-11-8-12-18-28/h8-22,24-26,32,36H,7,23H2,1-6H3,(H,39,40,42,45)/t26-,32-,36+,38-/m0/s1. The molecule has 4 atom stereocenters. The predicted molar refractivity (Wildman–Crippen MR) is 191 cm³/mol. The molecule has 1 aliphatic heterocycles. The van der Waals surface area contributed by atoms with Crippen molar-refractivity contribution >= 4 is 47.5 Å². The molecule has 254 valence electrons. The summed E-state index contributed by atoms with van der Waals surface area (Å²) in [6, 6.07) is 29.9. The fraction of sp³-hybridized carbons (Fsp3) is 0.342. The van der Waals surface area contributed by atoms with Crippen molar-refractivity contribution in [2.75, 3.05) is 11.9 Å². The summed E-state index contributed by atoms with van der Waals surface area (Å²) < 4.78 is 22.2. The van der Waals surface area contributed by atoms with Gasteiger partial charge in [-0.2, -0.15) is 0 Å². The number of fused-ring (bicyclic) bond motifs is 1. The number of nitrogens with zero attached hydrogens (tertiary/aromatic N) is 4. The molecule has 3 heterocycles. The number of carbonyl (C=O) groups excluding carboxylic acids is 2. The molecular weight excluding hydrogens is 635 g/mol. The van der Waals surface area contributed by atoms with Gasteiger partial charge in [0.25, 0.3) is 14.2 Å². The molecular formula is C38H43N5O5Si. The Labute approximate surface area is 288 Å². The van der Waals surface area contributed by atoms with Gasteiger partial charge in [0.15, 0.2) is 29.3 Å². The van der Waals surface area contributed by atoms with E-state index in [1.807, 2.05) is 25.1 Å². The molecule has 1 amide bonds. The van der Waals surface area contributed by atoms with Crippen LogP contribution in [0.15, 0.2) is 104 Å². The summed E-state index contributed by atoms with van der Waals surface area (Å²) in [6.45, 7) is 12.5. The summed E-state index contributed by atoms with van der Waals surface area (Å²) in [5.74, 6) is -0.727. The van der Waals surface area contributed by atoms with Crippen molar-refractivity contribution < 1.29 is 23.5 Å². The van der Waals surface area contributed by atoms with Crippen molar-refractivity contribution in [3.05, 3.63) is 109 Å². The minimum absolute atomic E-state index is 0.237. The number of esters is 1. The Hall–Kier alpha value is -4.71. The highest BCUT2D eigenvalue weighted by atomic mass is 28.4. The highest BCUT2D eigenvalue weighted by molar-refractivity contribution is 6.99. The second kappa shape index (κ2) is 13.7. The van der Waals surface area contributed by atoms with Gasteiger partial charge in [-0.1, -0.05) is 113 Å². The van der Waals surface area contributed by atoms with Crippen LogP contribution in [0.25, 0.3) is 11.2 Å². The fourth-order valence-corrected chi connectivity index (χ4v) is 11.7. The van der Waals surface area contributed by atoms with Crippen molar-refractivity contribution in [3.8, 4) is 0 Å². The second-order valence-electron chi connectivity index (χ2n) is 13.6. The van der Waals surface area contributed by atoms with Crippen LogP contribution in [-0.4, -0.2) is 58.0 Å². The minimum atomic E-state index is -2.91. The molecule has 1 N–H and O–H groups in total. The van der Waals surface area contributed by atoms with Gasteiger partial charge < -0.3 is 19.2 Å². The lowest BCUT2D eigenvalue weighted by atomic mass is 9.85. The Kier molecular flexibility index (Phi) is 9.52. The topological polar surface area (TPSA) is 117 Å².